The molecule has 0 saturated heterocycles. The monoisotopic (exact) mass is 323 g/mol. The van der Waals surface area contributed by atoms with Gasteiger partial charge in [0, 0.05) is 12.3 Å². The number of hydrogen-bond donors (Lipinski definition) is 1. The lowest BCUT2D eigenvalue weighted by atomic mass is 10.4. The minimum Gasteiger partial charge on any atom is -0.293 e. The van der Waals surface area contributed by atoms with Gasteiger partial charge in [-0.05, 0) is 0 Å². The highest BCUT2D eigenvalue weighted by Crippen LogP contribution is 2.25. The maximum atomic E-state index is 11.9. The molecule has 0 bridgehead atoms. The maximum Gasteiger partial charge on any atom is 0.274 e. The Hall–Kier alpha value is -1.03. The van der Waals surface area contributed by atoms with Crippen LogP contribution in [0.25, 0.3) is 0 Å². The Balaban J connectivity index is 2.25. The van der Waals surface area contributed by atoms with Gasteiger partial charge in [-0.3, -0.25) is 9.52 Å². The summed E-state index contributed by atoms with van der Waals surface area (Å²) in [6, 6.07) is 0. The number of carbonyl (C=O) groups is 1. The molecule has 0 fully saturated rings. The summed E-state index contributed by atoms with van der Waals surface area (Å²) >= 11 is 7.45. The van der Waals surface area contributed by atoms with E-state index >= 15 is 0 Å². The van der Waals surface area contributed by atoms with Gasteiger partial charge in [0.1, 0.15) is 5.69 Å². The third kappa shape index (κ3) is 2.86. The Bertz CT molecular complexity index is 691. The molecule has 96 valence electrons. The van der Waals surface area contributed by atoms with E-state index in [1.807, 2.05) is 0 Å². The molecule has 18 heavy (non-hydrogen) atoms. The number of anilines is 1. The summed E-state index contributed by atoms with van der Waals surface area (Å²) < 4.78 is 26.1. The molecule has 10 heteroatoms. The first-order chi connectivity index (χ1) is 8.38. The fraction of sp³-hybridized carbons (Fsp3) is 0.125. The molecule has 2 aromatic heterocycles. The van der Waals surface area contributed by atoms with E-state index in [9.17, 15) is 13.2 Å². The number of carbonyl (C=O) groups excluding carboxylic acids is 1. The summed E-state index contributed by atoms with van der Waals surface area (Å²) in [5.41, 5.74) is 0.222. The number of Topliss-reactive ketones (excluding diaryl/α,β-unsaturated/α-hetero) is 1. The summed E-state index contributed by atoms with van der Waals surface area (Å²) in [6.45, 7) is 1.36. The van der Waals surface area contributed by atoms with Crippen LogP contribution in [0.2, 0.25) is 4.47 Å². The Kier molecular flexibility index (Phi) is 3.66. The van der Waals surface area contributed by atoms with Crippen molar-refractivity contribution in [1.29, 1.82) is 0 Å². The number of thiazole rings is 2. The quantitative estimate of drug-likeness (QED) is 0.872. The Morgan fingerprint density at radius 3 is 2.72 bits per heavy atom. The van der Waals surface area contributed by atoms with Crippen molar-refractivity contribution in [2.75, 3.05) is 4.72 Å². The second kappa shape index (κ2) is 4.92. The van der Waals surface area contributed by atoms with Crippen LogP contribution in [-0.4, -0.2) is 24.2 Å². The number of halogens is 1. The number of nitrogens with one attached hydrogen (secondary N) is 1. The highest BCUT2D eigenvalue weighted by molar-refractivity contribution is 7.94. The minimum absolute atomic E-state index is 0.00734. The molecule has 0 spiro atoms. The topological polar surface area (TPSA) is 89.0 Å². The molecule has 2 heterocycles. The third-order valence-electron chi connectivity index (χ3n) is 1.81. The zero-order chi connectivity index (χ0) is 13.3. The van der Waals surface area contributed by atoms with E-state index < -0.39 is 10.0 Å². The first-order valence-corrected chi connectivity index (χ1v) is 8.05. The molecule has 0 amide bonds. The summed E-state index contributed by atoms with van der Waals surface area (Å²) in [5, 5.41) is 1.62. The van der Waals surface area contributed by atoms with Crippen molar-refractivity contribution >= 4 is 55.2 Å². The molecule has 0 unspecified atom stereocenters. The van der Waals surface area contributed by atoms with Crippen molar-refractivity contribution in [3.63, 3.8) is 0 Å². The van der Waals surface area contributed by atoms with Gasteiger partial charge in [0.05, 0.1) is 6.20 Å². The number of nitrogens with zero attached hydrogens (tertiary/aromatic N) is 2. The predicted octanol–water partition coefficient (Wildman–Crippen LogP) is 2.26. The molecular formula is C8H6ClN3O3S3. The van der Waals surface area contributed by atoms with E-state index in [0.717, 1.165) is 28.9 Å². The fourth-order valence-corrected chi connectivity index (χ4v) is 4.31. The summed E-state index contributed by atoms with van der Waals surface area (Å²) in [5.74, 6) is -0.225. The normalized spacial score (nSPS) is 11.4. The third-order valence-corrected chi connectivity index (χ3v) is 5.61. The Morgan fingerprint density at radius 1 is 1.50 bits per heavy atom. The van der Waals surface area contributed by atoms with E-state index in [0.29, 0.717) is 0 Å². The van der Waals surface area contributed by atoms with Crippen LogP contribution in [-0.2, 0) is 10.0 Å². The number of ketones is 1. The summed E-state index contributed by atoms with van der Waals surface area (Å²) in [7, 11) is -3.75. The molecule has 0 atom stereocenters. The van der Waals surface area contributed by atoms with Gasteiger partial charge in [0.2, 0.25) is 0 Å². The number of aromatic nitrogens is 2. The van der Waals surface area contributed by atoms with Gasteiger partial charge in [-0.15, -0.1) is 11.3 Å². The lowest BCUT2D eigenvalue weighted by Crippen LogP contribution is -2.11. The Labute approximate surface area is 116 Å². The average molecular weight is 324 g/mol. The molecule has 0 radical (unpaired) electrons. The van der Waals surface area contributed by atoms with E-state index in [2.05, 4.69) is 14.7 Å². The molecule has 6 nitrogen and oxygen atoms in total. The van der Waals surface area contributed by atoms with E-state index in [4.69, 9.17) is 11.6 Å². The molecule has 0 aliphatic carbocycles. The first-order valence-electron chi connectivity index (χ1n) is 4.49. The van der Waals surface area contributed by atoms with Crippen LogP contribution < -0.4 is 4.72 Å². The van der Waals surface area contributed by atoms with Gasteiger partial charge in [0.15, 0.2) is 19.6 Å². The largest absolute Gasteiger partial charge is 0.293 e. The van der Waals surface area contributed by atoms with Crippen molar-refractivity contribution in [2.24, 2.45) is 0 Å². The smallest absolute Gasteiger partial charge is 0.274 e. The maximum absolute atomic E-state index is 11.9. The van der Waals surface area contributed by atoms with Crippen LogP contribution >= 0.6 is 34.3 Å². The highest BCUT2D eigenvalue weighted by atomic mass is 35.5. The molecule has 0 aromatic carbocycles. The standard InChI is InChI=1S/C8H6ClN3O3S3/c1-4(13)5-3-16-8(11-5)12-18(14,15)6-2-10-7(9)17-6/h2-3H,1H3,(H,11,12). The van der Waals surface area contributed by atoms with Crippen molar-refractivity contribution in [3.05, 3.63) is 21.7 Å². The lowest BCUT2D eigenvalue weighted by Gasteiger charge is -2.00. The first kappa shape index (κ1) is 13.4. The zero-order valence-corrected chi connectivity index (χ0v) is 12.1. The van der Waals surface area contributed by atoms with E-state index in [1.54, 1.807) is 0 Å². The van der Waals surface area contributed by atoms with Crippen molar-refractivity contribution in [3.8, 4) is 0 Å². The molecule has 0 aliphatic heterocycles. The van der Waals surface area contributed by atoms with Crippen LogP contribution in [0, 0.1) is 0 Å². The van der Waals surface area contributed by atoms with Crippen LogP contribution in [0.15, 0.2) is 15.8 Å². The second-order valence-corrected chi connectivity index (χ2v) is 7.51. The SMILES string of the molecule is CC(=O)c1csc(NS(=O)(=O)c2cnc(Cl)s2)n1. The van der Waals surface area contributed by atoms with Gasteiger partial charge in [-0.25, -0.2) is 18.4 Å². The predicted molar refractivity (Wildman–Crippen MR) is 70.1 cm³/mol. The highest BCUT2D eigenvalue weighted by Gasteiger charge is 2.19. The van der Waals surface area contributed by atoms with E-state index in [1.165, 1.54) is 12.3 Å². The van der Waals surface area contributed by atoms with Gasteiger partial charge in [-0.2, -0.15) is 0 Å². The molecular weight excluding hydrogens is 318 g/mol. The van der Waals surface area contributed by atoms with Gasteiger partial charge >= 0.3 is 0 Å². The van der Waals surface area contributed by atoms with Crippen LogP contribution in [0.3, 0.4) is 0 Å². The van der Waals surface area contributed by atoms with E-state index in [-0.39, 0.29) is 25.3 Å². The van der Waals surface area contributed by atoms with Gasteiger partial charge < -0.3 is 0 Å². The number of hydrogen-bond acceptors (Lipinski definition) is 7. The average Bonchev–Trinajstić information content (AvgIpc) is 2.86. The molecule has 0 saturated carbocycles. The van der Waals surface area contributed by atoms with Gasteiger partial charge in [-0.1, -0.05) is 22.9 Å². The molecule has 1 N–H and O–H groups in total. The van der Waals surface area contributed by atoms with Crippen molar-refractivity contribution < 1.29 is 13.2 Å². The molecule has 2 aromatic rings. The number of sulfonamides is 1. The summed E-state index contributed by atoms with van der Waals surface area (Å²) in [4.78, 5) is 18.5. The number of rotatable bonds is 4. The van der Waals surface area contributed by atoms with Crippen molar-refractivity contribution in [2.45, 2.75) is 11.1 Å². The molecule has 2 rings (SSSR count). The lowest BCUT2D eigenvalue weighted by molar-refractivity contribution is 0.101. The Morgan fingerprint density at radius 2 is 2.22 bits per heavy atom. The fourth-order valence-electron chi connectivity index (χ4n) is 1.01. The van der Waals surface area contributed by atoms with Gasteiger partial charge in [0.25, 0.3) is 10.0 Å². The van der Waals surface area contributed by atoms with Crippen LogP contribution in [0.4, 0.5) is 5.13 Å². The van der Waals surface area contributed by atoms with Crippen LogP contribution in [0.5, 0.6) is 0 Å². The summed E-state index contributed by atoms with van der Waals surface area (Å²) in [6.07, 6.45) is 1.16. The second-order valence-electron chi connectivity index (χ2n) is 3.13. The zero-order valence-electron chi connectivity index (χ0n) is 8.88. The van der Waals surface area contributed by atoms with Crippen molar-refractivity contribution in [1.82, 2.24) is 9.97 Å². The molecule has 0 aliphatic rings. The minimum atomic E-state index is -3.75. The van der Waals surface area contributed by atoms with Crippen LogP contribution in [0.1, 0.15) is 17.4 Å².